The van der Waals surface area contributed by atoms with Crippen LogP contribution in [0.25, 0.3) is 0 Å². The zero-order chi connectivity index (χ0) is 12.0. The number of thiocarbonyl (C=S) groups is 1. The number of aryl methyl sites for hydroxylation is 1. The zero-order valence-electron chi connectivity index (χ0n) is 10.2. The van der Waals surface area contributed by atoms with Crippen LogP contribution in [0.15, 0.2) is 24.3 Å². The molecule has 0 aliphatic heterocycles. The molecular weight excluding hydrogens is 216 g/mol. The van der Waals surface area contributed by atoms with E-state index in [0.717, 1.165) is 18.2 Å². The molecule has 0 unspecified atom stereocenters. The summed E-state index contributed by atoms with van der Waals surface area (Å²) >= 11 is 5.19. The molecule has 0 amide bonds. The average molecular weight is 236 g/mol. The molecule has 88 valence electrons. The van der Waals surface area contributed by atoms with Crippen molar-refractivity contribution in [2.24, 2.45) is 5.92 Å². The highest BCUT2D eigenvalue weighted by Crippen LogP contribution is 2.05. The van der Waals surface area contributed by atoms with Crippen molar-refractivity contribution in [1.82, 2.24) is 10.6 Å². The second kappa shape index (κ2) is 6.48. The number of hydrogen-bond donors (Lipinski definition) is 2. The summed E-state index contributed by atoms with van der Waals surface area (Å²) < 4.78 is 0. The summed E-state index contributed by atoms with van der Waals surface area (Å²) in [6.45, 7) is 8.14. The van der Waals surface area contributed by atoms with E-state index in [1.807, 2.05) is 6.07 Å². The van der Waals surface area contributed by atoms with E-state index in [0.29, 0.717) is 5.92 Å². The van der Waals surface area contributed by atoms with Crippen LogP contribution >= 0.6 is 12.2 Å². The quantitative estimate of drug-likeness (QED) is 0.786. The van der Waals surface area contributed by atoms with Gasteiger partial charge in [0.2, 0.25) is 0 Å². The number of nitrogens with one attached hydrogen (secondary N) is 2. The fourth-order valence-electron chi connectivity index (χ4n) is 1.34. The molecule has 1 aromatic rings. The van der Waals surface area contributed by atoms with Crippen LogP contribution in [0.5, 0.6) is 0 Å². The van der Waals surface area contributed by atoms with Crippen molar-refractivity contribution in [2.75, 3.05) is 6.54 Å². The van der Waals surface area contributed by atoms with Crippen molar-refractivity contribution in [3.8, 4) is 0 Å². The molecule has 0 fully saturated rings. The van der Waals surface area contributed by atoms with Gasteiger partial charge in [-0.2, -0.15) is 0 Å². The molecule has 0 saturated carbocycles. The fourth-order valence-corrected chi connectivity index (χ4v) is 1.50. The van der Waals surface area contributed by atoms with Gasteiger partial charge in [-0.05, 0) is 36.2 Å². The minimum Gasteiger partial charge on any atom is -0.362 e. The van der Waals surface area contributed by atoms with E-state index in [9.17, 15) is 0 Å². The van der Waals surface area contributed by atoms with Gasteiger partial charge in [0.05, 0.1) is 0 Å². The second-order valence-corrected chi connectivity index (χ2v) is 4.79. The highest BCUT2D eigenvalue weighted by molar-refractivity contribution is 7.80. The Balaban J connectivity index is 2.35. The minimum absolute atomic E-state index is 0.609. The SMILES string of the molecule is Cc1ccccc1CNC(=S)NCC(C)C. The normalized spacial score (nSPS) is 10.2. The molecule has 3 heteroatoms. The molecular formula is C13H20N2S. The lowest BCUT2D eigenvalue weighted by Crippen LogP contribution is -2.36. The Morgan fingerprint density at radius 3 is 2.56 bits per heavy atom. The molecule has 0 atom stereocenters. The molecule has 2 nitrogen and oxygen atoms in total. The van der Waals surface area contributed by atoms with E-state index in [2.05, 4.69) is 49.6 Å². The van der Waals surface area contributed by atoms with Crippen molar-refractivity contribution in [1.29, 1.82) is 0 Å². The lowest BCUT2D eigenvalue weighted by atomic mass is 10.1. The van der Waals surface area contributed by atoms with Gasteiger partial charge in [0.1, 0.15) is 0 Å². The van der Waals surface area contributed by atoms with Crippen LogP contribution in [-0.2, 0) is 6.54 Å². The highest BCUT2D eigenvalue weighted by Gasteiger charge is 1.99. The second-order valence-electron chi connectivity index (χ2n) is 4.38. The van der Waals surface area contributed by atoms with Gasteiger partial charge in [0.15, 0.2) is 5.11 Å². The van der Waals surface area contributed by atoms with E-state index < -0.39 is 0 Å². The average Bonchev–Trinajstić information content (AvgIpc) is 2.25. The maximum absolute atomic E-state index is 5.19. The van der Waals surface area contributed by atoms with E-state index in [1.54, 1.807) is 0 Å². The largest absolute Gasteiger partial charge is 0.362 e. The molecule has 0 aromatic heterocycles. The molecule has 0 radical (unpaired) electrons. The molecule has 16 heavy (non-hydrogen) atoms. The molecule has 0 bridgehead atoms. The molecule has 0 spiro atoms. The number of hydrogen-bond acceptors (Lipinski definition) is 1. The van der Waals surface area contributed by atoms with E-state index in [-0.39, 0.29) is 0 Å². The van der Waals surface area contributed by atoms with Gasteiger partial charge in [-0.15, -0.1) is 0 Å². The highest BCUT2D eigenvalue weighted by atomic mass is 32.1. The summed E-state index contributed by atoms with van der Waals surface area (Å²) in [6, 6.07) is 8.33. The first kappa shape index (κ1) is 13.0. The van der Waals surface area contributed by atoms with E-state index in [1.165, 1.54) is 11.1 Å². The Morgan fingerprint density at radius 1 is 1.25 bits per heavy atom. The lowest BCUT2D eigenvalue weighted by molar-refractivity contribution is 0.619. The van der Waals surface area contributed by atoms with Gasteiger partial charge in [-0.25, -0.2) is 0 Å². The van der Waals surface area contributed by atoms with Crippen LogP contribution < -0.4 is 10.6 Å². The smallest absolute Gasteiger partial charge is 0.166 e. The summed E-state index contributed by atoms with van der Waals surface area (Å²) in [5.41, 5.74) is 2.58. The third kappa shape index (κ3) is 4.62. The van der Waals surface area contributed by atoms with Gasteiger partial charge in [-0.3, -0.25) is 0 Å². The van der Waals surface area contributed by atoms with Gasteiger partial charge in [-0.1, -0.05) is 38.1 Å². The summed E-state index contributed by atoms with van der Waals surface area (Å²) in [5, 5.41) is 7.14. The topological polar surface area (TPSA) is 24.1 Å². The lowest BCUT2D eigenvalue weighted by Gasteiger charge is -2.13. The van der Waals surface area contributed by atoms with Gasteiger partial charge >= 0.3 is 0 Å². The Kier molecular flexibility index (Phi) is 5.26. The fraction of sp³-hybridized carbons (Fsp3) is 0.462. The Labute approximate surface area is 103 Å². The van der Waals surface area contributed by atoms with Gasteiger partial charge in [0.25, 0.3) is 0 Å². The van der Waals surface area contributed by atoms with Gasteiger partial charge < -0.3 is 10.6 Å². The zero-order valence-corrected chi connectivity index (χ0v) is 11.0. The van der Waals surface area contributed by atoms with Crippen molar-refractivity contribution >= 4 is 17.3 Å². The Hall–Kier alpha value is -1.09. The Morgan fingerprint density at radius 2 is 1.94 bits per heavy atom. The third-order valence-corrected chi connectivity index (χ3v) is 2.66. The minimum atomic E-state index is 0.609. The van der Waals surface area contributed by atoms with Crippen LogP contribution in [0.1, 0.15) is 25.0 Å². The van der Waals surface area contributed by atoms with Crippen LogP contribution in [0.2, 0.25) is 0 Å². The molecule has 2 N–H and O–H groups in total. The first-order valence-electron chi connectivity index (χ1n) is 5.66. The van der Waals surface area contributed by atoms with Gasteiger partial charge in [0, 0.05) is 13.1 Å². The molecule has 0 aliphatic carbocycles. The standard InChI is InChI=1S/C13H20N2S/c1-10(2)8-14-13(16)15-9-12-7-5-4-6-11(12)3/h4-7,10H,8-9H2,1-3H3,(H2,14,15,16). The van der Waals surface area contributed by atoms with Crippen LogP contribution in [0.3, 0.4) is 0 Å². The first-order valence-corrected chi connectivity index (χ1v) is 6.06. The summed E-state index contributed by atoms with van der Waals surface area (Å²) in [4.78, 5) is 0. The van der Waals surface area contributed by atoms with Crippen molar-refractivity contribution < 1.29 is 0 Å². The first-order chi connectivity index (χ1) is 7.59. The maximum Gasteiger partial charge on any atom is 0.166 e. The maximum atomic E-state index is 5.19. The summed E-state index contributed by atoms with van der Waals surface area (Å²) in [6.07, 6.45) is 0. The molecule has 1 rings (SSSR count). The molecule has 1 aromatic carbocycles. The monoisotopic (exact) mass is 236 g/mol. The summed E-state index contributed by atoms with van der Waals surface area (Å²) in [7, 11) is 0. The van der Waals surface area contributed by atoms with Crippen LogP contribution in [-0.4, -0.2) is 11.7 Å². The van der Waals surface area contributed by atoms with E-state index in [4.69, 9.17) is 12.2 Å². The van der Waals surface area contributed by atoms with Crippen LogP contribution in [0, 0.1) is 12.8 Å². The summed E-state index contributed by atoms with van der Waals surface area (Å²) in [5.74, 6) is 0.609. The van der Waals surface area contributed by atoms with Crippen LogP contribution in [0.4, 0.5) is 0 Å². The number of rotatable bonds is 4. The Bertz CT molecular complexity index is 348. The van der Waals surface area contributed by atoms with Crippen molar-refractivity contribution in [3.63, 3.8) is 0 Å². The molecule has 0 heterocycles. The molecule has 0 saturated heterocycles. The molecule has 0 aliphatic rings. The van der Waals surface area contributed by atoms with E-state index >= 15 is 0 Å². The van der Waals surface area contributed by atoms with Crippen molar-refractivity contribution in [2.45, 2.75) is 27.3 Å². The van der Waals surface area contributed by atoms with Crippen molar-refractivity contribution in [3.05, 3.63) is 35.4 Å². The number of benzene rings is 1. The third-order valence-electron chi connectivity index (χ3n) is 2.37. The predicted molar refractivity (Wildman–Crippen MR) is 73.5 cm³/mol. The predicted octanol–water partition coefficient (Wildman–Crippen LogP) is 2.62.